The lowest BCUT2D eigenvalue weighted by atomic mass is 9.76. The Hall–Kier alpha value is -0.860. The van der Waals surface area contributed by atoms with E-state index in [1.807, 2.05) is 41.5 Å². The van der Waals surface area contributed by atoms with E-state index in [0.29, 0.717) is 6.42 Å². The third-order valence-corrected chi connectivity index (χ3v) is 4.40. The third kappa shape index (κ3) is 7.42. The van der Waals surface area contributed by atoms with E-state index in [4.69, 9.17) is 0 Å². The third-order valence-electron chi connectivity index (χ3n) is 4.40. The highest BCUT2D eigenvalue weighted by Crippen LogP contribution is 2.33. The Morgan fingerprint density at radius 3 is 1.59 bits per heavy atom. The zero-order valence-corrected chi connectivity index (χ0v) is 16.4. The van der Waals surface area contributed by atoms with Crippen LogP contribution in [-0.4, -0.2) is 17.2 Å². The highest BCUT2D eigenvalue weighted by molar-refractivity contribution is 5.83. The molecular weight excluding hydrogens is 274 g/mol. The molecule has 0 aliphatic heterocycles. The average molecular weight is 312 g/mol. The van der Waals surface area contributed by atoms with Gasteiger partial charge >= 0.3 is 0 Å². The van der Waals surface area contributed by atoms with Crippen molar-refractivity contribution in [1.82, 2.24) is 5.32 Å². The number of hydrogen-bond donors (Lipinski definition) is 1. The van der Waals surface area contributed by atoms with Gasteiger partial charge in [0.1, 0.15) is 5.78 Å². The Bertz CT molecular complexity index is 412. The van der Waals surface area contributed by atoms with Crippen LogP contribution in [0.4, 0.5) is 0 Å². The fourth-order valence-corrected chi connectivity index (χ4v) is 2.55. The fourth-order valence-electron chi connectivity index (χ4n) is 2.55. The zero-order chi connectivity index (χ0) is 18.0. The maximum atomic E-state index is 12.7. The standard InChI is InChI=1S/C19H37NO2/c1-14(21)18(7,8)13-19(9,10)20-15(22)17(5,6)12-11-16(2,3)4/h11-13H2,1-10H3,(H,20,22). The number of hydrogen-bond acceptors (Lipinski definition) is 2. The number of amides is 1. The van der Waals surface area contributed by atoms with Crippen LogP contribution >= 0.6 is 0 Å². The Morgan fingerprint density at radius 2 is 1.23 bits per heavy atom. The van der Waals surface area contributed by atoms with Gasteiger partial charge in [0.05, 0.1) is 0 Å². The molecule has 3 heteroatoms. The molecule has 1 N–H and O–H groups in total. The molecule has 0 spiro atoms. The first kappa shape index (κ1) is 21.1. The van der Waals surface area contributed by atoms with E-state index >= 15 is 0 Å². The lowest BCUT2D eigenvalue weighted by Gasteiger charge is -2.37. The van der Waals surface area contributed by atoms with E-state index < -0.39 is 16.4 Å². The van der Waals surface area contributed by atoms with Gasteiger partial charge in [0.2, 0.25) is 5.91 Å². The van der Waals surface area contributed by atoms with Crippen LogP contribution < -0.4 is 5.32 Å². The van der Waals surface area contributed by atoms with Crippen molar-refractivity contribution in [2.45, 2.75) is 94.0 Å². The van der Waals surface area contributed by atoms with Gasteiger partial charge in [-0.05, 0) is 45.4 Å². The van der Waals surface area contributed by atoms with E-state index in [9.17, 15) is 9.59 Å². The quantitative estimate of drug-likeness (QED) is 0.738. The maximum Gasteiger partial charge on any atom is 0.226 e. The number of nitrogens with one attached hydrogen (secondary N) is 1. The summed E-state index contributed by atoms with van der Waals surface area (Å²) in [5.41, 5.74) is -0.994. The molecule has 0 atom stereocenters. The molecule has 1 amide bonds. The number of rotatable bonds is 7. The van der Waals surface area contributed by atoms with Crippen LogP contribution in [0.5, 0.6) is 0 Å². The molecule has 0 bridgehead atoms. The summed E-state index contributed by atoms with van der Waals surface area (Å²) in [5.74, 6) is 0.225. The molecule has 0 radical (unpaired) electrons. The Labute approximate surface area is 137 Å². The molecule has 0 fully saturated rings. The fraction of sp³-hybridized carbons (Fsp3) is 0.895. The van der Waals surface area contributed by atoms with Gasteiger partial charge in [-0.2, -0.15) is 0 Å². The van der Waals surface area contributed by atoms with Crippen LogP contribution in [0.3, 0.4) is 0 Å². The van der Waals surface area contributed by atoms with Crippen molar-refractivity contribution in [3.63, 3.8) is 0 Å². The highest BCUT2D eigenvalue weighted by atomic mass is 16.2. The molecule has 0 aliphatic rings. The minimum absolute atomic E-state index is 0.0705. The molecule has 130 valence electrons. The highest BCUT2D eigenvalue weighted by Gasteiger charge is 2.37. The number of Topliss-reactive ketones (excluding diaryl/α,β-unsaturated/α-hetero) is 1. The Kier molecular flexibility index (Phi) is 6.46. The molecule has 0 heterocycles. The monoisotopic (exact) mass is 311 g/mol. The summed E-state index contributed by atoms with van der Waals surface area (Å²) in [7, 11) is 0. The first-order chi connectivity index (χ1) is 9.49. The summed E-state index contributed by atoms with van der Waals surface area (Å²) >= 11 is 0. The first-order valence-corrected chi connectivity index (χ1v) is 8.32. The van der Waals surface area contributed by atoms with Crippen molar-refractivity contribution in [3.8, 4) is 0 Å². The molecule has 0 unspecified atom stereocenters. The van der Waals surface area contributed by atoms with E-state index in [1.165, 1.54) is 0 Å². The maximum absolute atomic E-state index is 12.7. The van der Waals surface area contributed by atoms with Gasteiger partial charge < -0.3 is 5.32 Å². The lowest BCUT2D eigenvalue weighted by Crippen LogP contribution is -2.51. The molecule has 0 aromatic rings. The van der Waals surface area contributed by atoms with Gasteiger partial charge in [-0.1, -0.05) is 48.5 Å². The van der Waals surface area contributed by atoms with Crippen LogP contribution in [0, 0.1) is 16.2 Å². The largest absolute Gasteiger partial charge is 0.351 e. The number of carbonyl (C=O) groups is 2. The summed E-state index contributed by atoms with van der Waals surface area (Å²) in [6.07, 6.45) is 2.50. The predicted molar refractivity (Wildman–Crippen MR) is 93.8 cm³/mol. The molecule has 22 heavy (non-hydrogen) atoms. The van der Waals surface area contributed by atoms with Crippen molar-refractivity contribution in [3.05, 3.63) is 0 Å². The Balaban J connectivity index is 4.84. The van der Waals surface area contributed by atoms with Gasteiger partial charge in [0.25, 0.3) is 0 Å². The van der Waals surface area contributed by atoms with E-state index in [2.05, 4.69) is 26.1 Å². The van der Waals surface area contributed by atoms with Crippen molar-refractivity contribution in [2.24, 2.45) is 16.2 Å². The second-order valence-corrected chi connectivity index (χ2v) is 9.90. The molecule has 0 aliphatic carbocycles. The van der Waals surface area contributed by atoms with Crippen LogP contribution in [0.2, 0.25) is 0 Å². The number of carbonyl (C=O) groups excluding carboxylic acids is 2. The summed E-state index contributed by atoms with van der Waals surface area (Å²) < 4.78 is 0. The van der Waals surface area contributed by atoms with Crippen molar-refractivity contribution >= 4 is 11.7 Å². The second-order valence-electron chi connectivity index (χ2n) is 9.90. The van der Waals surface area contributed by atoms with Crippen LogP contribution in [0.15, 0.2) is 0 Å². The van der Waals surface area contributed by atoms with Crippen LogP contribution in [0.1, 0.15) is 88.5 Å². The minimum atomic E-state index is -0.424. The van der Waals surface area contributed by atoms with Crippen molar-refractivity contribution in [2.75, 3.05) is 0 Å². The van der Waals surface area contributed by atoms with Crippen molar-refractivity contribution < 1.29 is 9.59 Å². The minimum Gasteiger partial charge on any atom is -0.351 e. The van der Waals surface area contributed by atoms with Crippen molar-refractivity contribution in [1.29, 1.82) is 0 Å². The Morgan fingerprint density at radius 1 is 0.773 bits per heavy atom. The molecular formula is C19H37NO2. The van der Waals surface area contributed by atoms with Gasteiger partial charge in [-0.25, -0.2) is 0 Å². The number of ketones is 1. The summed E-state index contributed by atoms with van der Waals surface area (Å²) in [5, 5.41) is 3.15. The van der Waals surface area contributed by atoms with Gasteiger partial charge in [0.15, 0.2) is 0 Å². The lowest BCUT2D eigenvalue weighted by molar-refractivity contribution is -0.133. The first-order valence-electron chi connectivity index (χ1n) is 8.32. The van der Waals surface area contributed by atoms with Gasteiger partial charge in [-0.3, -0.25) is 9.59 Å². The van der Waals surface area contributed by atoms with E-state index in [0.717, 1.165) is 12.8 Å². The molecule has 3 nitrogen and oxygen atoms in total. The summed E-state index contributed by atoms with van der Waals surface area (Å²) in [4.78, 5) is 24.4. The van der Waals surface area contributed by atoms with E-state index in [-0.39, 0.29) is 17.1 Å². The molecule has 0 rings (SSSR count). The van der Waals surface area contributed by atoms with Gasteiger partial charge in [0, 0.05) is 16.4 Å². The van der Waals surface area contributed by atoms with E-state index in [1.54, 1.807) is 6.92 Å². The molecule has 0 saturated heterocycles. The predicted octanol–water partition coefficient (Wildman–Crippen LogP) is 4.74. The van der Waals surface area contributed by atoms with Crippen LogP contribution in [0.25, 0.3) is 0 Å². The SMILES string of the molecule is CC(=O)C(C)(C)CC(C)(C)NC(=O)C(C)(C)CCC(C)(C)C. The topological polar surface area (TPSA) is 46.2 Å². The molecule has 0 aromatic heterocycles. The molecule has 0 aromatic carbocycles. The van der Waals surface area contributed by atoms with Crippen LogP contribution in [-0.2, 0) is 9.59 Å². The normalized spacial score (nSPS) is 13.9. The summed E-state index contributed by atoms with van der Waals surface area (Å²) in [6, 6.07) is 0. The second kappa shape index (κ2) is 6.72. The zero-order valence-electron chi connectivity index (χ0n) is 16.4. The smallest absolute Gasteiger partial charge is 0.226 e. The summed E-state index contributed by atoms with van der Waals surface area (Å²) in [6.45, 7) is 20.1. The molecule has 0 saturated carbocycles. The average Bonchev–Trinajstić information content (AvgIpc) is 2.23. The van der Waals surface area contributed by atoms with Gasteiger partial charge in [-0.15, -0.1) is 0 Å².